The third-order valence-corrected chi connectivity index (χ3v) is 10.5. The number of fused-ring (bicyclic) bond motifs is 2. The average molecular weight is 697 g/mol. The monoisotopic (exact) mass is 696 g/mol. The fourth-order valence-corrected chi connectivity index (χ4v) is 7.26. The highest BCUT2D eigenvalue weighted by atomic mass is 16.5. The molecule has 272 valence electrons. The number of rotatable bonds is 12. The number of Topliss-reactive ketones (excluding diaryl/α,β-unsaturated/α-hetero) is 1. The van der Waals surface area contributed by atoms with Crippen molar-refractivity contribution in [2.24, 2.45) is 0 Å². The smallest absolute Gasteiger partial charge is 0.320 e. The lowest BCUT2D eigenvalue weighted by atomic mass is 9.72. The number of ether oxygens (including phenoxy) is 2. The van der Waals surface area contributed by atoms with Gasteiger partial charge in [0.2, 0.25) is 0 Å². The topological polar surface area (TPSA) is 136 Å². The number of hydrogen-bond acceptors (Lipinski definition) is 9. The van der Waals surface area contributed by atoms with Crippen molar-refractivity contribution in [3.8, 4) is 5.75 Å². The van der Waals surface area contributed by atoms with Gasteiger partial charge in [0.25, 0.3) is 0 Å². The van der Waals surface area contributed by atoms with Gasteiger partial charge in [-0.05, 0) is 96.7 Å². The number of aromatic nitrogens is 5. The Morgan fingerprint density at radius 3 is 2.41 bits per heavy atom. The number of pyridine rings is 1. The summed E-state index contributed by atoms with van der Waals surface area (Å²) in [5.41, 5.74) is 2.52. The van der Waals surface area contributed by atoms with Crippen LogP contribution in [0.5, 0.6) is 5.75 Å². The summed E-state index contributed by atoms with van der Waals surface area (Å²) in [6.07, 6.45) is 7.54. The normalized spacial score (nSPS) is 18.6. The molecule has 3 heterocycles. The van der Waals surface area contributed by atoms with Crippen molar-refractivity contribution >= 4 is 23.3 Å². The molecule has 12 nitrogen and oxygen atoms in total. The Morgan fingerprint density at radius 1 is 1.00 bits per heavy atom. The fraction of sp³-hybridized carbons (Fsp3) is 0.538. The Kier molecular flexibility index (Phi) is 10.2. The highest BCUT2D eigenvalue weighted by Crippen LogP contribution is 2.41. The minimum Gasteiger partial charge on any atom is -0.484 e. The predicted octanol–water partition coefficient (Wildman–Crippen LogP) is 7.31. The Bertz CT molecular complexity index is 1890. The molecule has 2 N–H and O–H groups in total. The van der Waals surface area contributed by atoms with Gasteiger partial charge in [0, 0.05) is 30.0 Å². The zero-order valence-corrected chi connectivity index (χ0v) is 31.2. The summed E-state index contributed by atoms with van der Waals surface area (Å²) >= 11 is 0. The summed E-state index contributed by atoms with van der Waals surface area (Å²) in [5, 5.41) is 14.8. The number of urea groups is 1. The Labute approximate surface area is 300 Å². The lowest BCUT2D eigenvalue weighted by Crippen LogP contribution is -2.50. The van der Waals surface area contributed by atoms with Crippen molar-refractivity contribution in [1.82, 2.24) is 34.8 Å². The van der Waals surface area contributed by atoms with Crippen molar-refractivity contribution in [2.45, 2.75) is 115 Å². The van der Waals surface area contributed by atoms with Crippen LogP contribution >= 0.6 is 0 Å². The molecule has 2 amide bonds. The molecule has 2 aliphatic rings. The molecule has 3 aromatic heterocycles. The number of amides is 2. The summed E-state index contributed by atoms with van der Waals surface area (Å²) in [4.78, 5) is 38.4. The molecule has 2 atom stereocenters. The van der Waals surface area contributed by atoms with Crippen LogP contribution in [0.1, 0.15) is 132 Å². The number of nitrogens with one attached hydrogen (secondary N) is 2. The van der Waals surface area contributed by atoms with Gasteiger partial charge in [0.1, 0.15) is 23.3 Å². The Hall–Kier alpha value is -4.42. The van der Waals surface area contributed by atoms with Crippen LogP contribution in [0, 0.1) is 0 Å². The molecule has 6 rings (SSSR count). The van der Waals surface area contributed by atoms with E-state index in [1.54, 1.807) is 6.07 Å². The van der Waals surface area contributed by atoms with Crippen LogP contribution in [0.15, 0.2) is 48.7 Å². The first-order chi connectivity index (χ1) is 24.2. The van der Waals surface area contributed by atoms with Crippen molar-refractivity contribution in [1.29, 1.82) is 0 Å². The molecule has 4 aromatic rings. The van der Waals surface area contributed by atoms with Crippen LogP contribution in [-0.4, -0.2) is 67.5 Å². The van der Waals surface area contributed by atoms with Gasteiger partial charge in [-0.3, -0.25) is 14.5 Å². The van der Waals surface area contributed by atoms with Crippen LogP contribution in [0.2, 0.25) is 0 Å². The van der Waals surface area contributed by atoms with Crippen molar-refractivity contribution < 1.29 is 19.1 Å². The average Bonchev–Trinajstić information content (AvgIpc) is 3.49. The van der Waals surface area contributed by atoms with Crippen LogP contribution in [0.25, 0.3) is 5.65 Å². The van der Waals surface area contributed by atoms with Gasteiger partial charge < -0.3 is 19.7 Å². The summed E-state index contributed by atoms with van der Waals surface area (Å²) in [6, 6.07) is 13.0. The zero-order chi connectivity index (χ0) is 36.6. The number of anilines is 1. The first-order valence-electron chi connectivity index (χ1n) is 18.1. The third kappa shape index (κ3) is 7.77. The van der Waals surface area contributed by atoms with E-state index in [2.05, 4.69) is 55.9 Å². The quantitative estimate of drug-likeness (QED) is 0.146. The molecule has 0 saturated heterocycles. The summed E-state index contributed by atoms with van der Waals surface area (Å²) < 4.78 is 14.4. The molecular formula is C39H52N8O4. The predicted molar refractivity (Wildman–Crippen MR) is 196 cm³/mol. The van der Waals surface area contributed by atoms with Gasteiger partial charge >= 0.3 is 6.03 Å². The van der Waals surface area contributed by atoms with E-state index in [0.29, 0.717) is 54.6 Å². The maximum absolute atomic E-state index is 13.5. The van der Waals surface area contributed by atoms with Gasteiger partial charge in [-0.1, -0.05) is 45.0 Å². The molecule has 1 saturated carbocycles. The van der Waals surface area contributed by atoms with E-state index >= 15 is 0 Å². The minimum atomic E-state index is -0.619. The molecule has 0 unspecified atom stereocenters. The van der Waals surface area contributed by atoms with E-state index < -0.39 is 11.6 Å². The van der Waals surface area contributed by atoms with E-state index in [-0.39, 0.29) is 34.7 Å². The van der Waals surface area contributed by atoms with E-state index in [9.17, 15) is 9.59 Å². The molecule has 1 aromatic carbocycles. The third-order valence-electron chi connectivity index (χ3n) is 10.5. The van der Waals surface area contributed by atoms with Gasteiger partial charge in [-0.15, -0.1) is 10.2 Å². The molecular weight excluding hydrogens is 644 g/mol. The van der Waals surface area contributed by atoms with E-state index in [0.717, 1.165) is 30.4 Å². The largest absolute Gasteiger partial charge is 0.484 e. The maximum Gasteiger partial charge on any atom is 0.320 e. The second kappa shape index (κ2) is 14.3. The number of ketones is 1. The molecule has 12 heteroatoms. The fourth-order valence-electron chi connectivity index (χ4n) is 7.26. The van der Waals surface area contributed by atoms with E-state index in [4.69, 9.17) is 9.47 Å². The Morgan fingerprint density at radius 2 is 1.75 bits per heavy atom. The van der Waals surface area contributed by atoms with E-state index in [1.807, 2.05) is 82.5 Å². The second-order valence-electron chi connectivity index (χ2n) is 15.6. The molecule has 0 bridgehead atoms. The van der Waals surface area contributed by atoms with Crippen LogP contribution in [0.4, 0.5) is 10.6 Å². The first kappa shape index (κ1) is 36.4. The molecule has 51 heavy (non-hydrogen) atoms. The summed E-state index contributed by atoms with van der Waals surface area (Å²) in [7, 11) is 4.16. The summed E-state index contributed by atoms with van der Waals surface area (Å²) in [5.74, 6) is 1.73. The van der Waals surface area contributed by atoms with E-state index in [1.165, 1.54) is 6.42 Å². The summed E-state index contributed by atoms with van der Waals surface area (Å²) in [6.45, 7) is 12.6. The van der Waals surface area contributed by atoms with Gasteiger partial charge in [0.05, 0.1) is 17.9 Å². The van der Waals surface area contributed by atoms with Gasteiger partial charge in [-0.2, -0.15) is 0 Å². The lowest BCUT2D eigenvalue weighted by molar-refractivity contribution is -0.0215. The lowest BCUT2D eigenvalue weighted by Gasteiger charge is -2.47. The molecule has 0 aliphatic heterocycles. The first-order valence-corrected chi connectivity index (χ1v) is 18.1. The highest BCUT2D eigenvalue weighted by molar-refractivity contribution is 5.94. The van der Waals surface area contributed by atoms with Crippen LogP contribution < -0.4 is 15.4 Å². The molecule has 2 aliphatic carbocycles. The molecule has 0 radical (unpaired) electrons. The van der Waals surface area contributed by atoms with Gasteiger partial charge in [0.15, 0.2) is 23.1 Å². The highest BCUT2D eigenvalue weighted by Gasteiger charge is 2.39. The van der Waals surface area contributed by atoms with Crippen molar-refractivity contribution in [2.75, 3.05) is 26.0 Å². The minimum absolute atomic E-state index is 0.0636. The maximum atomic E-state index is 13.5. The number of carbonyl (C=O) groups is 2. The number of hydrogen-bond donors (Lipinski definition) is 2. The standard InChI is InChI=1S/C39H52N8O4/c1-9-50-38(5,6)35-45-44-33-18-15-25(24-47(33)35)51-30-17-16-28(26-13-10-11-14-27(26)30)40-36(49)43-32-23-31(37(2,3)4)41-34(42-32)29(48)19-22-39(46(7)8)20-12-21-39/h10-11,13-15,18,23-24,28,30H,9,12,16-17,19-22H2,1-8H3,(H2,40,41,42,43,49)/t28-,30+/m0/s1. The van der Waals surface area contributed by atoms with Crippen LogP contribution in [-0.2, 0) is 15.8 Å². The molecule has 1 fully saturated rings. The van der Waals surface area contributed by atoms with Crippen LogP contribution in [0.3, 0.4) is 0 Å². The van der Waals surface area contributed by atoms with Crippen molar-refractivity contribution in [3.63, 3.8) is 0 Å². The molecule has 0 spiro atoms. The number of nitrogens with zero attached hydrogens (tertiary/aromatic N) is 6. The zero-order valence-electron chi connectivity index (χ0n) is 31.2. The van der Waals surface area contributed by atoms with Crippen molar-refractivity contribution in [3.05, 3.63) is 77.1 Å². The second-order valence-corrected chi connectivity index (χ2v) is 15.6. The number of benzene rings is 1. The Balaban J connectivity index is 1.16. The number of carbonyl (C=O) groups excluding carboxylic acids is 2. The van der Waals surface area contributed by atoms with Gasteiger partial charge in [-0.25, -0.2) is 14.8 Å². The SMILES string of the molecule is CCOC(C)(C)c1nnc2ccc(O[C@@H]3CC[C@H](NC(=O)Nc4cc(C(C)(C)C)nc(C(=O)CCC5(N(C)C)CCC5)n4)c4ccccc43)cn12.